The predicted octanol–water partition coefficient (Wildman–Crippen LogP) is 2.74. The molecule has 0 aliphatic carbocycles. The van der Waals surface area contributed by atoms with Crippen LogP contribution in [0.4, 0.5) is 0 Å². The van der Waals surface area contributed by atoms with Gasteiger partial charge in [-0.15, -0.1) is 0 Å². The smallest absolute Gasteiger partial charge is 0.196 e. The molecule has 0 aliphatic heterocycles. The highest BCUT2D eigenvalue weighted by atomic mass is 32.1. The van der Waals surface area contributed by atoms with Gasteiger partial charge in [-0.05, 0) is 36.6 Å². The quantitative estimate of drug-likeness (QED) is 0.805. The van der Waals surface area contributed by atoms with E-state index in [1.165, 1.54) is 0 Å². The van der Waals surface area contributed by atoms with Gasteiger partial charge in [-0.25, -0.2) is 9.97 Å². The molecule has 2 N–H and O–H groups in total. The Hall–Kier alpha value is -1.40. The van der Waals surface area contributed by atoms with Crippen LogP contribution >= 0.6 is 24.4 Å². The van der Waals surface area contributed by atoms with Crippen LogP contribution in [-0.4, -0.2) is 19.9 Å². The zero-order valence-corrected chi connectivity index (χ0v) is 10.2. The fourth-order valence-electron chi connectivity index (χ4n) is 1.44. The first-order chi connectivity index (χ1) is 7.66. The van der Waals surface area contributed by atoms with Crippen LogP contribution in [-0.2, 0) is 0 Å². The number of hydrogen-bond acceptors (Lipinski definition) is 4. The van der Waals surface area contributed by atoms with E-state index in [-0.39, 0.29) is 5.92 Å². The molecule has 16 heavy (non-hydrogen) atoms. The Morgan fingerprint density at radius 1 is 1.00 bits per heavy atom. The number of rotatable bonds is 2. The monoisotopic (exact) mass is 250 g/mol. The van der Waals surface area contributed by atoms with Gasteiger partial charge in [-0.2, -0.15) is 0 Å². The van der Waals surface area contributed by atoms with Crippen molar-refractivity contribution in [1.82, 2.24) is 19.9 Å². The molecule has 0 spiro atoms. The lowest BCUT2D eigenvalue weighted by Gasteiger charge is -2.11. The van der Waals surface area contributed by atoms with Crippen molar-refractivity contribution in [2.24, 2.45) is 0 Å². The molecule has 0 atom stereocenters. The lowest BCUT2D eigenvalue weighted by molar-refractivity contribution is 0.809. The molecule has 0 saturated heterocycles. The zero-order valence-electron chi connectivity index (χ0n) is 8.60. The van der Waals surface area contributed by atoms with Crippen LogP contribution in [0.25, 0.3) is 0 Å². The van der Waals surface area contributed by atoms with Crippen LogP contribution in [0.2, 0.25) is 0 Å². The number of aromatic nitrogens is 4. The average molecular weight is 250 g/mol. The van der Waals surface area contributed by atoms with Gasteiger partial charge in [0.2, 0.25) is 0 Å². The highest BCUT2D eigenvalue weighted by Crippen LogP contribution is 2.18. The SMILES string of the molecule is CC(c1ccnc(=S)[nH]1)c1ccnc(=S)[nH]1. The summed E-state index contributed by atoms with van der Waals surface area (Å²) < 4.78 is 0.967. The third-order valence-corrected chi connectivity index (χ3v) is 2.74. The molecule has 6 heteroatoms. The lowest BCUT2D eigenvalue weighted by atomic mass is 10.0. The second kappa shape index (κ2) is 4.63. The van der Waals surface area contributed by atoms with Gasteiger partial charge in [-0.1, -0.05) is 6.92 Å². The number of nitrogens with zero attached hydrogens (tertiary/aromatic N) is 2. The zero-order chi connectivity index (χ0) is 11.5. The summed E-state index contributed by atoms with van der Waals surface area (Å²) in [4.78, 5) is 14.0. The number of H-pyrrole nitrogens is 2. The van der Waals surface area contributed by atoms with Crippen LogP contribution < -0.4 is 0 Å². The molecule has 0 amide bonds. The normalized spacial score (nSPS) is 10.6. The lowest BCUT2D eigenvalue weighted by Crippen LogP contribution is -2.02. The summed E-state index contributed by atoms with van der Waals surface area (Å²) in [5.41, 5.74) is 1.99. The first-order valence-electron chi connectivity index (χ1n) is 4.77. The van der Waals surface area contributed by atoms with E-state index in [1.807, 2.05) is 12.1 Å². The molecule has 2 aromatic rings. The van der Waals surface area contributed by atoms with Gasteiger partial charge < -0.3 is 9.97 Å². The van der Waals surface area contributed by atoms with Crippen molar-refractivity contribution in [2.75, 3.05) is 0 Å². The van der Waals surface area contributed by atoms with Crippen LogP contribution in [0.1, 0.15) is 24.2 Å². The van der Waals surface area contributed by atoms with Crippen molar-refractivity contribution in [2.45, 2.75) is 12.8 Å². The highest BCUT2D eigenvalue weighted by Gasteiger charge is 2.09. The molecule has 82 valence electrons. The highest BCUT2D eigenvalue weighted by molar-refractivity contribution is 7.71. The van der Waals surface area contributed by atoms with Gasteiger partial charge in [0.25, 0.3) is 0 Å². The Morgan fingerprint density at radius 2 is 1.44 bits per heavy atom. The van der Waals surface area contributed by atoms with Gasteiger partial charge in [-0.3, -0.25) is 0 Å². The molecule has 0 saturated carbocycles. The summed E-state index contributed by atoms with van der Waals surface area (Å²) in [6.45, 7) is 2.06. The number of nitrogens with one attached hydrogen (secondary N) is 2. The third kappa shape index (κ3) is 2.40. The van der Waals surface area contributed by atoms with Crippen molar-refractivity contribution in [3.63, 3.8) is 0 Å². The molecule has 2 rings (SSSR count). The molecule has 0 fully saturated rings. The minimum Gasteiger partial charge on any atom is -0.334 e. The first-order valence-corrected chi connectivity index (χ1v) is 5.59. The molecule has 0 bridgehead atoms. The summed E-state index contributed by atoms with van der Waals surface area (Å²) in [7, 11) is 0. The summed E-state index contributed by atoms with van der Waals surface area (Å²) >= 11 is 9.97. The summed E-state index contributed by atoms with van der Waals surface area (Å²) in [6.07, 6.45) is 3.39. The van der Waals surface area contributed by atoms with Crippen molar-refractivity contribution in [3.05, 3.63) is 45.5 Å². The van der Waals surface area contributed by atoms with Gasteiger partial charge in [0.1, 0.15) is 0 Å². The number of hydrogen-bond donors (Lipinski definition) is 2. The second-order valence-electron chi connectivity index (χ2n) is 3.38. The van der Waals surface area contributed by atoms with E-state index in [9.17, 15) is 0 Å². The molecule has 0 unspecified atom stereocenters. The largest absolute Gasteiger partial charge is 0.334 e. The summed E-state index contributed by atoms with van der Waals surface area (Å²) in [5, 5.41) is 0. The minimum absolute atomic E-state index is 0.148. The molecular formula is C10H10N4S2. The third-order valence-electron chi connectivity index (χ3n) is 2.33. The Bertz CT molecular complexity index is 548. The predicted molar refractivity (Wildman–Crippen MR) is 66.4 cm³/mol. The Labute approximate surface area is 103 Å². The van der Waals surface area contributed by atoms with Crippen molar-refractivity contribution < 1.29 is 0 Å². The van der Waals surface area contributed by atoms with Crippen LogP contribution in [0, 0.1) is 9.54 Å². The van der Waals surface area contributed by atoms with E-state index in [1.54, 1.807) is 12.4 Å². The molecule has 2 aromatic heterocycles. The van der Waals surface area contributed by atoms with E-state index < -0.39 is 0 Å². The van der Waals surface area contributed by atoms with Crippen LogP contribution in [0.15, 0.2) is 24.5 Å². The van der Waals surface area contributed by atoms with E-state index in [4.69, 9.17) is 24.4 Å². The Balaban J connectivity index is 2.42. The average Bonchev–Trinajstić information content (AvgIpc) is 2.28. The topological polar surface area (TPSA) is 57.4 Å². The van der Waals surface area contributed by atoms with E-state index in [0.29, 0.717) is 9.54 Å². The second-order valence-corrected chi connectivity index (χ2v) is 4.16. The molecule has 0 aromatic carbocycles. The maximum absolute atomic E-state index is 4.98. The first kappa shape index (κ1) is 11.1. The van der Waals surface area contributed by atoms with Gasteiger partial charge in [0.15, 0.2) is 9.54 Å². The van der Waals surface area contributed by atoms with Crippen molar-refractivity contribution in [1.29, 1.82) is 0 Å². The fourth-order valence-corrected chi connectivity index (χ4v) is 1.80. The van der Waals surface area contributed by atoms with Crippen molar-refractivity contribution >= 4 is 24.4 Å². The van der Waals surface area contributed by atoms with Gasteiger partial charge >= 0.3 is 0 Å². The van der Waals surface area contributed by atoms with E-state index >= 15 is 0 Å². The summed E-state index contributed by atoms with van der Waals surface area (Å²) in [5.74, 6) is 0.148. The van der Waals surface area contributed by atoms with Crippen LogP contribution in [0.3, 0.4) is 0 Å². The van der Waals surface area contributed by atoms with Gasteiger partial charge in [0, 0.05) is 29.7 Å². The molecular weight excluding hydrogens is 240 g/mol. The van der Waals surface area contributed by atoms with Crippen molar-refractivity contribution in [3.8, 4) is 0 Å². The Kier molecular flexibility index (Phi) is 3.21. The summed E-state index contributed by atoms with van der Waals surface area (Å²) in [6, 6.07) is 3.80. The maximum atomic E-state index is 4.98. The Morgan fingerprint density at radius 3 is 1.81 bits per heavy atom. The molecule has 4 nitrogen and oxygen atoms in total. The van der Waals surface area contributed by atoms with E-state index in [2.05, 4.69) is 26.9 Å². The number of aromatic amines is 2. The molecule has 0 aliphatic rings. The van der Waals surface area contributed by atoms with Gasteiger partial charge in [0.05, 0.1) is 0 Å². The molecule has 2 heterocycles. The minimum atomic E-state index is 0.148. The van der Waals surface area contributed by atoms with E-state index in [0.717, 1.165) is 11.4 Å². The molecule has 0 radical (unpaired) electrons. The fraction of sp³-hybridized carbons (Fsp3) is 0.200. The van der Waals surface area contributed by atoms with Crippen LogP contribution in [0.5, 0.6) is 0 Å². The standard InChI is InChI=1S/C10H10N4S2/c1-6(7-2-4-11-9(15)13-7)8-3-5-12-10(16)14-8/h2-6H,1H3,(H,11,13,15)(H,12,14,16). The maximum Gasteiger partial charge on any atom is 0.196 e.